The average molecular weight is 272 g/mol. The van der Waals surface area contributed by atoms with Crippen LogP contribution in [0, 0.1) is 11.7 Å². The minimum atomic E-state index is -0.308. The number of benzene rings is 1. The minimum Gasteiger partial charge on any atom is -0.382 e. The maximum atomic E-state index is 13.2. The zero-order chi connectivity index (χ0) is 13.1. The van der Waals surface area contributed by atoms with E-state index in [4.69, 9.17) is 16.3 Å². The van der Waals surface area contributed by atoms with E-state index in [1.54, 1.807) is 6.07 Å². The molecule has 1 N–H and O–H groups in total. The Morgan fingerprint density at radius 2 is 2.17 bits per heavy atom. The molecule has 1 aliphatic rings. The van der Waals surface area contributed by atoms with E-state index in [-0.39, 0.29) is 11.9 Å². The molecule has 2 rings (SSSR count). The fourth-order valence-electron chi connectivity index (χ4n) is 2.30. The zero-order valence-electron chi connectivity index (χ0n) is 10.7. The average Bonchev–Trinajstić information content (AvgIpc) is 2.27. The number of halogens is 2. The molecule has 0 saturated carbocycles. The van der Waals surface area contributed by atoms with Gasteiger partial charge < -0.3 is 10.1 Å². The van der Waals surface area contributed by atoms with Crippen molar-refractivity contribution in [1.82, 2.24) is 0 Å². The number of anilines is 1. The summed E-state index contributed by atoms with van der Waals surface area (Å²) < 4.78 is 19.0. The normalized spacial score (nSPS) is 24.3. The van der Waals surface area contributed by atoms with E-state index in [0.717, 1.165) is 25.1 Å². The number of hydrogen-bond acceptors (Lipinski definition) is 2. The molecule has 1 aromatic carbocycles. The molecule has 0 bridgehead atoms. The van der Waals surface area contributed by atoms with E-state index in [9.17, 15) is 4.39 Å². The standard InChI is InChI=1S/C14H19ClFNO/c1-9(2)14-8-12(3-4-18-14)17-13-6-10(15)5-11(16)7-13/h5-7,9,12,14,17H,3-4,8H2,1-2H3. The highest BCUT2D eigenvalue weighted by molar-refractivity contribution is 6.30. The Morgan fingerprint density at radius 3 is 2.83 bits per heavy atom. The highest BCUT2D eigenvalue weighted by Gasteiger charge is 2.24. The molecule has 1 fully saturated rings. The molecule has 0 radical (unpaired) electrons. The molecule has 0 spiro atoms. The Morgan fingerprint density at radius 1 is 1.39 bits per heavy atom. The highest BCUT2D eigenvalue weighted by atomic mass is 35.5. The van der Waals surface area contributed by atoms with Crippen molar-refractivity contribution >= 4 is 17.3 Å². The molecule has 4 heteroatoms. The molecule has 18 heavy (non-hydrogen) atoms. The second-order valence-corrected chi connectivity index (χ2v) is 5.61. The van der Waals surface area contributed by atoms with Gasteiger partial charge >= 0.3 is 0 Å². The van der Waals surface area contributed by atoms with Crippen molar-refractivity contribution in [3.05, 3.63) is 29.0 Å². The quantitative estimate of drug-likeness (QED) is 0.894. The predicted molar refractivity (Wildman–Crippen MR) is 72.6 cm³/mol. The summed E-state index contributed by atoms with van der Waals surface area (Å²) >= 11 is 5.84. The van der Waals surface area contributed by atoms with Crippen LogP contribution in [-0.2, 0) is 4.74 Å². The van der Waals surface area contributed by atoms with Gasteiger partial charge in [0, 0.05) is 23.4 Å². The van der Waals surface area contributed by atoms with Crippen LogP contribution in [0.15, 0.2) is 18.2 Å². The molecule has 0 aromatic heterocycles. The van der Waals surface area contributed by atoms with Crippen LogP contribution in [0.2, 0.25) is 5.02 Å². The number of ether oxygens (including phenoxy) is 1. The van der Waals surface area contributed by atoms with Gasteiger partial charge in [0.2, 0.25) is 0 Å². The maximum absolute atomic E-state index is 13.2. The summed E-state index contributed by atoms with van der Waals surface area (Å²) in [6.07, 6.45) is 2.17. The van der Waals surface area contributed by atoms with E-state index in [1.165, 1.54) is 12.1 Å². The van der Waals surface area contributed by atoms with Gasteiger partial charge in [0.05, 0.1) is 6.10 Å². The lowest BCUT2D eigenvalue weighted by atomic mass is 9.95. The zero-order valence-corrected chi connectivity index (χ0v) is 11.5. The van der Waals surface area contributed by atoms with E-state index < -0.39 is 0 Å². The molecule has 1 heterocycles. The summed E-state index contributed by atoms with van der Waals surface area (Å²) in [4.78, 5) is 0. The SMILES string of the molecule is CC(C)C1CC(Nc2cc(F)cc(Cl)c2)CCO1. The number of rotatable bonds is 3. The summed E-state index contributed by atoms with van der Waals surface area (Å²) in [5.41, 5.74) is 0.745. The first-order valence-corrected chi connectivity index (χ1v) is 6.76. The van der Waals surface area contributed by atoms with Crippen LogP contribution >= 0.6 is 11.6 Å². The van der Waals surface area contributed by atoms with Crippen molar-refractivity contribution in [3.63, 3.8) is 0 Å². The van der Waals surface area contributed by atoms with E-state index >= 15 is 0 Å². The van der Waals surface area contributed by atoms with Crippen LogP contribution in [0.1, 0.15) is 26.7 Å². The van der Waals surface area contributed by atoms with Crippen LogP contribution in [0.25, 0.3) is 0 Å². The third-order valence-corrected chi connectivity index (χ3v) is 3.51. The molecule has 1 saturated heterocycles. The second-order valence-electron chi connectivity index (χ2n) is 5.18. The molecule has 100 valence electrons. The van der Waals surface area contributed by atoms with Gasteiger partial charge in [-0.2, -0.15) is 0 Å². The molecular weight excluding hydrogens is 253 g/mol. The lowest BCUT2D eigenvalue weighted by molar-refractivity contribution is -0.0160. The summed E-state index contributed by atoms with van der Waals surface area (Å²) in [7, 11) is 0. The highest BCUT2D eigenvalue weighted by Crippen LogP contribution is 2.25. The molecule has 2 nitrogen and oxygen atoms in total. The largest absolute Gasteiger partial charge is 0.382 e. The van der Waals surface area contributed by atoms with Crippen molar-refractivity contribution in [2.75, 3.05) is 11.9 Å². The van der Waals surface area contributed by atoms with Gasteiger partial charge in [-0.15, -0.1) is 0 Å². The minimum absolute atomic E-state index is 0.278. The second kappa shape index (κ2) is 5.89. The molecule has 1 aromatic rings. The first-order chi connectivity index (χ1) is 8.54. The monoisotopic (exact) mass is 271 g/mol. The Kier molecular flexibility index (Phi) is 4.46. The van der Waals surface area contributed by atoms with Gasteiger partial charge in [-0.1, -0.05) is 25.4 Å². The molecule has 2 atom stereocenters. The summed E-state index contributed by atoms with van der Waals surface area (Å²) in [6.45, 7) is 5.07. The molecular formula is C14H19ClFNO. The first kappa shape index (κ1) is 13.6. The molecule has 1 aliphatic heterocycles. The van der Waals surface area contributed by atoms with Crippen molar-refractivity contribution in [1.29, 1.82) is 0 Å². The topological polar surface area (TPSA) is 21.3 Å². The van der Waals surface area contributed by atoms with Crippen molar-refractivity contribution < 1.29 is 9.13 Å². The molecule has 2 unspecified atom stereocenters. The Bertz CT molecular complexity index is 391. The summed E-state index contributed by atoms with van der Waals surface area (Å²) in [6, 6.07) is 4.87. The lowest BCUT2D eigenvalue weighted by Crippen LogP contribution is -2.36. The first-order valence-electron chi connectivity index (χ1n) is 6.39. The van der Waals surface area contributed by atoms with Crippen molar-refractivity contribution in [3.8, 4) is 0 Å². The van der Waals surface area contributed by atoms with Crippen LogP contribution < -0.4 is 5.32 Å². The Hall–Kier alpha value is -0.800. The van der Waals surface area contributed by atoms with Crippen molar-refractivity contribution in [2.24, 2.45) is 5.92 Å². The lowest BCUT2D eigenvalue weighted by Gasteiger charge is -2.33. The molecule has 0 aliphatic carbocycles. The fourth-order valence-corrected chi connectivity index (χ4v) is 2.52. The smallest absolute Gasteiger partial charge is 0.126 e. The Labute approximate surface area is 112 Å². The third kappa shape index (κ3) is 3.59. The van der Waals surface area contributed by atoms with Crippen LogP contribution in [0.3, 0.4) is 0 Å². The van der Waals surface area contributed by atoms with Gasteiger partial charge in [0.1, 0.15) is 5.82 Å². The van der Waals surface area contributed by atoms with Gasteiger partial charge in [-0.25, -0.2) is 4.39 Å². The predicted octanol–water partition coefficient (Wildman–Crippen LogP) is 4.09. The Balaban J connectivity index is 2.00. The van der Waals surface area contributed by atoms with Crippen LogP contribution in [0.4, 0.5) is 10.1 Å². The number of nitrogens with one attached hydrogen (secondary N) is 1. The summed E-state index contributed by atoms with van der Waals surface area (Å²) in [5, 5.41) is 3.76. The van der Waals surface area contributed by atoms with Gasteiger partial charge in [0.15, 0.2) is 0 Å². The van der Waals surface area contributed by atoms with Gasteiger partial charge in [0.25, 0.3) is 0 Å². The van der Waals surface area contributed by atoms with E-state index in [2.05, 4.69) is 19.2 Å². The van der Waals surface area contributed by atoms with Gasteiger partial charge in [-0.3, -0.25) is 0 Å². The van der Waals surface area contributed by atoms with Crippen LogP contribution in [-0.4, -0.2) is 18.8 Å². The van der Waals surface area contributed by atoms with Crippen molar-refractivity contribution in [2.45, 2.75) is 38.8 Å². The van der Waals surface area contributed by atoms with Gasteiger partial charge in [-0.05, 0) is 37.0 Å². The number of hydrogen-bond donors (Lipinski definition) is 1. The van der Waals surface area contributed by atoms with E-state index in [1.807, 2.05) is 0 Å². The maximum Gasteiger partial charge on any atom is 0.126 e. The van der Waals surface area contributed by atoms with Crippen LogP contribution in [0.5, 0.6) is 0 Å². The van der Waals surface area contributed by atoms with E-state index in [0.29, 0.717) is 17.0 Å². The molecule has 0 amide bonds. The summed E-state index contributed by atoms with van der Waals surface area (Å²) in [5.74, 6) is 0.197. The third-order valence-electron chi connectivity index (χ3n) is 3.29. The fraction of sp³-hybridized carbons (Fsp3) is 0.571.